The van der Waals surface area contributed by atoms with E-state index in [2.05, 4.69) is 12.6 Å². The molecule has 0 aliphatic carbocycles. The molecule has 3 radical (unpaired) electrons. The second-order valence-electron chi connectivity index (χ2n) is 0.589. The van der Waals surface area contributed by atoms with Crippen LogP contribution in [0.15, 0.2) is 11.5 Å². The molecule has 0 amide bonds. The average molecular weight is 85.2 g/mol. The van der Waals surface area contributed by atoms with Gasteiger partial charge in [0.05, 0.1) is 0 Å². The first-order chi connectivity index (χ1) is 2.41. The van der Waals surface area contributed by atoms with Crippen LogP contribution in [0.25, 0.3) is 0 Å². The predicted octanol–water partition coefficient (Wildman–Crippen LogP) is 1.41. The van der Waals surface area contributed by atoms with Gasteiger partial charge in [0, 0.05) is 0 Å². The Bertz CT molecular complexity index is 30.6. The van der Waals surface area contributed by atoms with Crippen LogP contribution in [0.3, 0.4) is 0 Å². The molecule has 0 aromatic carbocycles. The molecule has 27 valence electrons. The summed E-state index contributed by atoms with van der Waals surface area (Å²) in [4.78, 5) is 0. The van der Waals surface area contributed by atoms with E-state index in [1.165, 1.54) is 0 Å². The van der Waals surface area contributed by atoms with Crippen molar-refractivity contribution in [2.75, 3.05) is 0 Å². The fourth-order valence-corrected chi connectivity index (χ4v) is 0.158. The Morgan fingerprint density at radius 2 is 2.40 bits per heavy atom. The summed E-state index contributed by atoms with van der Waals surface area (Å²) in [6.07, 6.45) is 1.99. The van der Waals surface area contributed by atoms with Crippen LogP contribution in [0.2, 0.25) is 0 Å². The molecule has 0 nitrogen and oxygen atoms in total. The molecule has 0 aromatic rings. The summed E-state index contributed by atoms with van der Waals surface area (Å²) < 4.78 is 0. The highest BCUT2D eigenvalue weighted by Gasteiger charge is 1.54. The first-order valence-corrected chi connectivity index (χ1v) is 1.87. The van der Waals surface area contributed by atoms with E-state index < -0.39 is 0 Å². The van der Waals surface area contributed by atoms with Gasteiger partial charge >= 0.3 is 0 Å². The van der Waals surface area contributed by atoms with Crippen molar-refractivity contribution < 1.29 is 0 Å². The summed E-state index contributed by atoms with van der Waals surface area (Å²) in [5.74, 6) is 0. The first kappa shape index (κ1) is 5.09. The highest BCUT2D eigenvalue weighted by molar-refractivity contribution is 7.83. The van der Waals surface area contributed by atoms with Gasteiger partial charge in [0.25, 0.3) is 0 Å². The first-order valence-electron chi connectivity index (χ1n) is 1.35. The quantitative estimate of drug-likeness (QED) is 0.457. The van der Waals surface area contributed by atoms with E-state index >= 15 is 0 Å². The van der Waals surface area contributed by atoms with Gasteiger partial charge in [0.15, 0.2) is 0 Å². The minimum absolute atomic E-state index is 0.337. The molecule has 0 heterocycles. The molecular weight excluding hydrogens is 80.1 g/mol. The Hall–Kier alpha value is 0.0900. The zero-order valence-corrected chi connectivity index (χ0v) is 3.70. The molecular formula is C4H5S. The van der Waals surface area contributed by atoms with E-state index in [1.807, 2.05) is 0 Å². The second kappa shape index (κ2) is 4.09. The molecule has 5 heavy (non-hydrogen) atoms. The van der Waals surface area contributed by atoms with Gasteiger partial charge in [-0.15, -0.1) is 0 Å². The summed E-state index contributed by atoms with van der Waals surface area (Å²) >= 11 is 3.70. The van der Waals surface area contributed by atoms with Crippen molar-refractivity contribution >= 4 is 12.6 Å². The Morgan fingerprint density at radius 1 is 1.80 bits per heavy atom. The van der Waals surface area contributed by atoms with E-state index in [0.29, 0.717) is 6.42 Å². The molecule has 0 spiro atoms. The number of thiol groups is 1. The molecule has 0 fully saturated rings. The normalized spacial score (nSPS) is 10.0. The van der Waals surface area contributed by atoms with Crippen LogP contribution in [0, 0.1) is 6.92 Å². The third kappa shape index (κ3) is 4.09. The lowest BCUT2D eigenvalue weighted by atomic mass is 10.5. The topological polar surface area (TPSA) is 0 Å². The van der Waals surface area contributed by atoms with E-state index in [1.54, 1.807) is 11.5 Å². The summed E-state index contributed by atoms with van der Waals surface area (Å²) in [5, 5.41) is 1.56. The zero-order chi connectivity index (χ0) is 4.12. The largest absolute Gasteiger partial charge is 0.152 e. The lowest BCUT2D eigenvalue weighted by molar-refractivity contribution is 1.41. The summed E-state index contributed by atoms with van der Waals surface area (Å²) in [6, 6.07) is 0. The van der Waals surface area contributed by atoms with Crippen molar-refractivity contribution in [2.24, 2.45) is 0 Å². The van der Waals surface area contributed by atoms with Crippen LogP contribution < -0.4 is 0 Å². The predicted molar refractivity (Wildman–Crippen MR) is 26.0 cm³/mol. The van der Waals surface area contributed by atoms with Crippen molar-refractivity contribution in [3.8, 4) is 0 Å². The van der Waals surface area contributed by atoms with Crippen molar-refractivity contribution in [1.82, 2.24) is 0 Å². The molecule has 0 rings (SSSR count). The van der Waals surface area contributed by atoms with E-state index in [4.69, 9.17) is 6.92 Å². The summed E-state index contributed by atoms with van der Waals surface area (Å²) in [5.41, 5.74) is 0. The Morgan fingerprint density at radius 3 is 2.40 bits per heavy atom. The van der Waals surface area contributed by atoms with Crippen molar-refractivity contribution in [3.05, 3.63) is 18.4 Å². The Balaban J connectivity index is 2.62. The maximum Gasteiger partial charge on any atom is -0.00493 e. The van der Waals surface area contributed by atoms with Crippen LogP contribution in [0.1, 0.15) is 6.42 Å². The van der Waals surface area contributed by atoms with Crippen LogP contribution >= 0.6 is 12.6 Å². The summed E-state index contributed by atoms with van der Waals surface area (Å²) in [7, 11) is 0. The van der Waals surface area contributed by atoms with Crippen LogP contribution in [0.4, 0.5) is 0 Å². The minimum Gasteiger partial charge on any atom is -0.152 e. The molecule has 0 unspecified atom stereocenters. The van der Waals surface area contributed by atoms with Gasteiger partial charge in [0.1, 0.15) is 0 Å². The molecule has 0 atom stereocenters. The van der Waals surface area contributed by atoms with Crippen LogP contribution in [-0.2, 0) is 0 Å². The van der Waals surface area contributed by atoms with Crippen molar-refractivity contribution in [1.29, 1.82) is 0 Å². The molecule has 0 bridgehead atoms. The Kier molecular flexibility index (Phi) is 4.16. The van der Waals surface area contributed by atoms with Gasteiger partial charge in [-0.05, 0) is 18.8 Å². The monoisotopic (exact) mass is 85.0 g/mol. The van der Waals surface area contributed by atoms with Gasteiger partial charge in [-0.25, -0.2) is 0 Å². The summed E-state index contributed by atoms with van der Waals surface area (Å²) in [6.45, 7) is 6.47. The van der Waals surface area contributed by atoms with E-state index in [9.17, 15) is 0 Å². The van der Waals surface area contributed by atoms with Crippen LogP contribution in [0.5, 0.6) is 0 Å². The standard InChI is InChI=1S/C4H5S/c1-2-3-4-5/h3-5H,2H2. The molecule has 0 N–H and O–H groups in total. The zero-order valence-electron chi connectivity index (χ0n) is 2.81. The molecule has 0 saturated carbocycles. The van der Waals surface area contributed by atoms with Crippen molar-refractivity contribution in [3.63, 3.8) is 0 Å². The van der Waals surface area contributed by atoms with E-state index in [-0.39, 0.29) is 0 Å². The van der Waals surface area contributed by atoms with Gasteiger partial charge < -0.3 is 0 Å². The minimum atomic E-state index is 0.337. The highest BCUT2D eigenvalue weighted by atomic mass is 32.1. The smallest absolute Gasteiger partial charge is 0.00493 e. The van der Waals surface area contributed by atoms with Gasteiger partial charge in [-0.2, -0.15) is 12.6 Å². The average Bonchev–Trinajstić information content (AvgIpc) is 1.41. The molecule has 0 aliphatic heterocycles. The second-order valence-corrected chi connectivity index (χ2v) is 0.887. The highest BCUT2D eigenvalue weighted by Crippen LogP contribution is 1.78. The van der Waals surface area contributed by atoms with Gasteiger partial charge in [-0.3, -0.25) is 0 Å². The fraction of sp³-hybridized carbons (Fsp3) is 0.250. The maximum absolute atomic E-state index is 6.47. The lowest BCUT2D eigenvalue weighted by Crippen LogP contribution is -1.42. The van der Waals surface area contributed by atoms with E-state index in [0.717, 1.165) is 0 Å². The fourth-order valence-electron chi connectivity index (χ4n) is 0.0527. The molecule has 1 heteroatoms. The number of hydrogen-bond acceptors (Lipinski definition) is 1. The number of hydrogen-bond donors (Lipinski definition) is 1. The molecule has 0 aromatic heterocycles. The van der Waals surface area contributed by atoms with Gasteiger partial charge in [-0.1, -0.05) is 6.08 Å². The maximum atomic E-state index is 6.47. The SMILES string of the molecule is [C]CC=CS. The number of rotatable bonds is 1. The number of allylic oxidation sites excluding steroid dienone is 1. The van der Waals surface area contributed by atoms with Crippen LogP contribution in [-0.4, -0.2) is 0 Å². The molecule has 0 saturated heterocycles. The lowest BCUT2D eigenvalue weighted by Gasteiger charge is -1.63. The van der Waals surface area contributed by atoms with Gasteiger partial charge in [0.2, 0.25) is 0 Å². The van der Waals surface area contributed by atoms with Crippen molar-refractivity contribution in [2.45, 2.75) is 6.42 Å². The Labute approximate surface area is 38.3 Å². The third-order valence-electron chi connectivity index (χ3n) is 0.223. The third-order valence-corrected chi connectivity index (χ3v) is 0.434. The molecule has 0 aliphatic rings.